The first-order chi connectivity index (χ1) is 6.09. The lowest BCUT2D eigenvalue weighted by Gasteiger charge is -2.26. The van der Waals surface area contributed by atoms with Gasteiger partial charge >= 0.3 is 0 Å². The van der Waals surface area contributed by atoms with E-state index in [0.717, 1.165) is 19.5 Å². The van der Waals surface area contributed by atoms with Gasteiger partial charge in [-0.1, -0.05) is 13.8 Å². The maximum absolute atomic E-state index is 11.4. The molecule has 3 nitrogen and oxygen atoms in total. The minimum absolute atomic E-state index is 0. The number of carbonyl (C=O) groups excluding carboxylic acids is 1. The Kier molecular flexibility index (Phi) is 3.43. The number of hydrogen-bond donors (Lipinski definition) is 2. The van der Waals surface area contributed by atoms with Crippen LogP contribution in [0.2, 0.25) is 0 Å². The van der Waals surface area contributed by atoms with Gasteiger partial charge in [0.25, 0.3) is 0 Å². The van der Waals surface area contributed by atoms with E-state index in [1.807, 2.05) is 0 Å². The molecular weight excluding hydrogens is 200 g/mol. The Morgan fingerprint density at radius 1 is 1.57 bits per heavy atom. The van der Waals surface area contributed by atoms with Crippen LogP contribution in [0.5, 0.6) is 0 Å². The smallest absolute Gasteiger partial charge is 0.237 e. The molecule has 0 aromatic heterocycles. The van der Waals surface area contributed by atoms with E-state index >= 15 is 0 Å². The summed E-state index contributed by atoms with van der Waals surface area (Å²) in [5, 5.41) is 6.10. The number of halogens is 1. The number of nitrogens with one attached hydrogen (secondary N) is 2. The second-order valence-electron chi connectivity index (χ2n) is 4.93. The molecule has 2 N–H and O–H groups in total. The minimum atomic E-state index is 0. The first-order valence-electron chi connectivity index (χ1n) is 5.11. The Bertz CT molecular complexity index is 226. The van der Waals surface area contributed by atoms with Gasteiger partial charge in [0.2, 0.25) is 5.91 Å². The molecule has 1 aliphatic carbocycles. The molecular formula is C10H19ClN2O. The second-order valence-corrected chi connectivity index (χ2v) is 4.93. The van der Waals surface area contributed by atoms with Crippen LogP contribution in [0.3, 0.4) is 0 Å². The topological polar surface area (TPSA) is 41.1 Å². The molecule has 1 unspecified atom stereocenters. The molecule has 82 valence electrons. The third kappa shape index (κ3) is 2.39. The van der Waals surface area contributed by atoms with Gasteiger partial charge in [-0.05, 0) is 30.7 Å². The maximum Gasteiger partial charge on any atom is 0.237 e. The van der Waals surface area contributed by atoms with Crippen LogP contribution >= 0.6 is 12.4 Å². The van der Waals surface area contributed by atoms with Crippen LogP contribution in [0.1, 0.15) is 26.7 Å². The van der Waals surface area contributed by atoms with Crippen LogP contribution in [0.25, 0.3) is 0 Å². The van der Waals surface area contributed by atoms with Gasteiger partial charge < -0.3 is 10.6 Å². The zero-order valence-electron chi connectivity index (χ0n) is 8.80. The van der Waals surface area contributed by atoms with Crippen LogP contribution in [0.4, 0.5) is 0 Å². The number of rotatable bonds is 3. The van der Waals surface area contributed by atoms with Crippen molar-refractivity contribution < 1.29 is 4.79 Å². The lowest BCUT2D eigenvalue weighted by Crippen LogP contribution is -2.53. The first kappa shape index (κ1) is 11.8. The number of amides is 1. The number of carbonyl (C=O) groups is 1. The normalized spacial score (nSPS) is 32.4. The van der Waals surface area contributed by atoms with E-state index in [-0.39, 0.29) is 24.4 Å². The summed E-state index contributed by atoms with van der Waals surface area (Å²) in [5.41, 5.74) is 0.473. The fourth-order valence-corrected chi connectivity index (χ4v) is 1.78. The highest BCUT2D eigenvalue weighted by atomic mass is 35.5. The lowest BCUT2D eigenvalue weighted by molar-refractivity contribution is -0.124. The standard InChI is InChI=1S/C10H18N2O.ClH/c1-10(2)5-7(10)6-12-9(13)8-3-4-11-8;/h7-8,11H,3-6H2,1-2H3,(H,12,13);1H/t7?,8-;/m1./s1. The van der Waals surface area contributed by atoms with Crippen molar-refractivity contribution in [1.82, 2.24) is 10.6 Å². The Morgan fingerprint density at radius 3 is 2.50 bits per heavy atom. The molecule has 0 aromatic carbocycles. The first-order valence-corrected chi connectivity index (χ1v) is 5.11. The van der Waals surface area contributed by atoms with Crippen LogP contribution in [-0.4, -0.2) is 25.0 Å². The van der Waals surface area contributed by atoms with Crippen LogP contribution in [0, 0.1) is 11.3 Å². The Labute approximate surface area is 91.4 Å². The molecule has 2 rings (SSSR count). The molecule has 1 saturated carbocycles. The highest BCUT2D eigenvalue weighted by Crippen LogP contribution is 2.50. The summed E-state index contributed by atoms with van der Waals surface area (Å²) in [6.07, 6.45) is 2.26. The highest BCUT2D eigenvalue weighted by Gasteiger charge is 2.45. The fraction of sp³-hybridized carbons (Fsp3) is 0.900. The molecule has 0 aromatic rings. The molecule has 2 atom stereocenters. The Balaban J connectivity index is 0.000000980. The van der Waals surface area contributed by atoms with E-state index in [2.05, 4.69) is 24.5 Å². The molecule has 4 heteroatoms. The summed E-state index contributed by atoms with van der Waals surface area (Å²) in [6.45, 7) is 6.37. The van der Waals surface area contributed by atoms with Crippen molar-refractivity contribution in [3.05, 3.63) is 0 Å². The molecule has 2 aliphatic rings. The summed E-state index contributed by atoms with van der Waals surface area (Å²) < 4.78 is 0. The molecule has 14 heavy (non-hydrogen) atoms. The molecule has 1 aliphatic heterocycles. The Hall–Kier alpha value is -0.280. The maximum atomic E-state index is 11.4. The zero-order valence-corrected chi connectivity index (χ0v) is 9.62. The minimum Gasteiger partial charge on any atom is -0.354 e. The largest absolute Gasteiger partial charge is 0.354 e. The van der Waals surface area contributed by atoms with Crippen molar-refractivity contribution in [1.29, 1.82) is 0 Å². The van der Waals surface area contributed by atoms with E-state index in [0.29, 0.717) is 11.3 Å². The van der Waals surface area contributed by atoms with E-state index in [1.54, 1.807) is 0 Å². The molecule has 1 heterocycles. The molecule has 0 bridgehead atoms. The second kappa shape index (κ2) is 4.07. The molecule has 2 fully saturated rings. The van der Waals surface area contributed by atoms with Gasteiger partial charge in [-0.15, -0.1) is 12.4 Å². The van der Waals surface area contributed by atoms with Gasteiger partial charge in [0.05, 0.1) is 6.04 Å². The summed E-state index contributed by atoms with van der Waals surface area (Å²) in [4.78, 5) is 11.4. The molecule has 0 spiro atoms. The summed E-state index contributed by atoms with van der Waals surface area (Å²) in [7, 11) is 0. The van der Waals surface area contributed by atoms with Crippen LogP contribution in [0.15, 0.2) is 0 Å². The average molecular weight is 219 g/mol. The summed E-state index contributed by atoms with van der Waals surface area (Å²) in [5.74, 6) is 0.894. The van der Waals surface area contributed by atoms with Gasteiger partial charge in [-0.25, -0.2) is 0 Å². The number of hydrogen-bond acceptors (Lipinski definition) is 2. The van der Waals surface area contributed by atoms with Crippen molar-refractivity contribution >= 4 is 18.3 Å². The van der Waals surface area contributed by atoms with E-state index < -0.39 is 0 Å². The van der Waals surface area contributed by atoms with Gasteiger partial charge in [0.1, 0.15) is 0 Å². The Morgan fingerprint density at radius 2 is 2.14 bits per heavy atom. The van der Waals surface area contributed by atoms with Crippen molar-refractivity contribution in [2.75, 3.05) is 13.1 Å². The average Bonchev–Trinajstić information content (AvgIpc) is 2.51. The summed E-state index contributed by atoms with van der Waals surface area (Å²) >= 11 is 0. The van der Waals surface area contributed by atoms with E-state index in [1.165, 1.54) is 6.42 Å². The molecule has 1 amide bonds. The SMILES string of the molecule is CC1(C)CC1CNC(=O)[C@H]1CCN1.Cl. The van der Waals surface area contributed by atoms with Crippen LogP contribution < -0.4 is 10.6 Å². The predicted octanol–water partition coefficient (Wildman–Crippen LogP) is 0.932. The van der Waals surface area contributed by atoms with Gasteiger partial charge in [0, 0.05) is 6.54 Å². The van der Waals surface area contributed by atoms with Gasteiger partial charge in [0.15, 0.2) is 0 Å². The third-order valence-electron chi connectivity index (χ3n) is 3.38. The third-order valence-corrected chi connectivity index (χ3v) is 3.38. The molecule has 0 radical (unpaired) electrons. The molecule has 1 saturated heterocycles. The van der Waals surface area contributed by atoms with Gasteiger partial charge in [-0.3, -0.25) is 4.79 Å². The zero-order chi connectivity index (χ0) is 9.47. The summed E-state index contributed by atoms with van der Waals surface area (Å²) in [6, 6.07) is 0.0989. The van der Waals surface area contributed by atoms with Crippen molar-refractivity contribution in [3.63, 3.8) is 0 Å². The highest BCUT2D eigenvalue weighted by molar-refractivity contribution is 5.85. The fourth-order valence-electron chi connectivity index (χ4n) is 1.78. The monoisotopic (exact) mass is 218 g/mol. The van der Waals surface area contributed by atoms with Crippen molar-refractivity contribution in [2.24, 2.45) is 11.3 Å². The van der Waals surface area contributed by atoms with E-state index in [9.17, 15) is 4.79 Å². The lowest BCUT2D eigenvalue weighted by atomic mass is 10.1. The quantitative estimate of drug-likeness (QED) is 0.740. The predicted molar refractivity (Wildman–Crippen MR) is 58.6 cm³/mol. The van der Waals surface area contributed by atoms with Crippen LogP contribution in [-0.2, 0) is 4.79 Å². The van der Waals surface area contributed by atoms with E-state index in [4.69, 9.17) is 0 Å². The van der Waals surface area contributed by atoms with Crippen molar-refractivity contribution in [2.45, 2.75) is 32.7 Å². The van der Waals surface area contributed by atoms with Crippen molar-refractivity contribution in [3.8, 4) is 0 Å². The van der Waals surface area contributed by atoms with Gasteiger partial charge in [-0.2, -0.15) is 0 Å².